The summed E-state index contributed by atoms with van der Waals surface area (Å²) < 4.78 is 11.4. The first-order valence-electron chi connectivity index (χ1n) is 9.41. The van der Waals surface area contributed by atoms with Gasteiger partial charge >= 0.3 is 0 Å². The number of carbonyl (C=O) groups excluding carboxylic acids is 2. The Hall–Kier alpha value is -2.15. The van der Waals surface area contributed by atoms with E-state index in [0.717, 1.165) is 22.9 Å². The van der Waals surface area contributed by atoms with Crippen molar-refractivity contribution in [3.05, 3.63) is 62.5 Å². The molecule has 3 rings (SSSR count). The fourth-order valence-electron chi connectivity index (χ4n) is 2.84. The average Bonchev–Trinajstić information content (AvgIpc) is 2.94. The third kappa shape index (κ3) is 5.31. The Morgan fingerprint density at radius 1 is 1.07 bits per heavy atom. The summed E-state index contributed by atoms with van der Waals surface area (Å²) in [6.07, 6.45) is 1.69. The van der Waals surface area contributed by atoms with E-state index >= 15 is 0 Å². The molecule has 0 N–H and O–H groups in total. The van der Waals surface area contributed by atoms with Gasteiger partial charge in [-0.15, -0.1) is 0 Å². The standard InChI is InChI=1S/C22H21Cl2NO4S/c1-4-28-19-10-14(6-8-18(19)29-13(2)3)11-20-21(26)25(22(27)30-20)12-15-5-7-16(23)17(24)9-15/h5-11,13H,4,12H2,1-3H3/b20-11+. The molecule has 2 aromatic rings. The Labute approximate surface area is 189 Å². The van der Waals surface area contributed by atoms with Crippen molar-refractivity contribution in [2.45, 2.75) is 33.4 Å². The number of rotatable bonds is 7. The molecule has 0 aliphatic carbocycles. The van der Waals surface area contributed by atoms with E-state index in [0.29, 0.717) is 33.1 Å². The van der Waals surface area contributed by atoms with Gasteiger partial charge in [-0.3, -0.25) is 14.5 Å². The fraction of sp³-hybridized carbons (Fsp3) is 0.273. The van der Waals surface area contributed by atoms with Crippen molar-refractivity contribution in [2.75, 3.05) is 6.61 Å². The lowest BCUT2D eigenvalue weighted by Gasteiger charge is -2.15. The second kappa shape index (κ2) is 9.77. The first kappa shape index (κ1) is 22.5. The van der Waals surface area contributed by atoms with E-state index in [4.69, 9.17) is 32.7 Å². The van der Waals surface area contributed by atoms with E-state index in [1.807, 2.05) is 26.8 Å². The topological polar surface area (TPSA) is 55.8 Å². The molecule has 8 heteroatoms. The summed E-state index contributed by atoms with van der Waals surface area (Å²) in [6, 6.07) is 10.5. The molecular formula is C22H21Cl2NO4S. The van der Waals surface area contributed by atoms with Crippen LogP contribution in [0.15, 0.2) is 41.3 Å². The van der Waals surface area contributed by atoms with Crippen LogP contribution >= 0.6 is 35.0 Å². The number of ether oxygens (including phenoxy) is 2. The first-order valence-corrected chi connectivity index (χ1v) is 11.0. The average molecular weight is 466 g/mol. The predicted octanol–water partition coefficient (Wildman–Crippen LogP) is 6.42. The molecule has 1 fully saturated rings. The highest BCUT2D eigenvalue weighted by Gasteiger charge is 2.35. The maximum absolute atomic E-state index is 12.8. The molecule has 1 saturated heterocycles. The number of nitrogens with zero attached hydrogens (tertiary/aromatic N) is 1. The van der Waals surface area contributed by atoms with Gasteiger partial charge in [0.25, 0.3) is 11.1 Å². The van der Waals surface area contributed by atoms with Crippen molar-refractivity contribution in [1.29, 1.82) is 0 Å². The smallest absolute Gasteiger partial charge is 0.293 e. The molecule has 1 heterocycles. The second-order valence-corrected chi connectivity index (χ2v) is 8.63. The van der Waals surface area contributed by atoms with Crippen molar-refractivity contribution < 1.29 is 19.1 Å². The zero-order valence-electron chi connectivity index (χ0n) is 16.8. The Kier molecular flexibility index (Phi) is 7.34. The lowest BCUT2D eigenvalue weighted by molar-refractivity contribution is -0.123. The zero-order valence-corrected chi connectivity index (χ0v) is 19.1. The van der Waals surface area contributed by atoms with E-state index < -0.39 is 0 Å². The lowest BCUT2D eigenvalue weighted by Crippen LogP contribution is -2.27. The molecule has 2 aromatic carbocycles. The number of benzene rings is 2. The number of hydrogen-bond acceptors (Lipinski definition) is 5. The van der Waals surface area contributed by atoms with Gasteiger partial charge in [0.1, 0.15) is 0 Å². The molecule has 1 aliphatic heterocycles. The van der Waals surface area contributed by atoms with Crippen molar-refractivity contribution in [2.24, 2.45) is 0 Å². The maximum atomic E-state index is 12.8. The summed E-state index contributed by atoms with van der Waals surface area (Å²) >= 11 is 12.9. The van der Waals surface area contributed by atoms with Crippen molar-refractivity contribution >= 4 is 52.2 Å². The lowest BCUT2D eigenvalue weighted by atomic mass is 10.1. The third-order valence-corrected chi connectivity index (χ3v) is 5.77. The number of halogens is 2. The van der Waals surface area contributed by atoms with Crippen LogP contribution in [0.2, 0.25) is 10.0 Å². The molecule has 0 bridgehead atoms. The summed E-state index contributed by atoms with van der Waals surface area (Å²) in [5, 5.41) is 0.468. The molecule has 0 atom stereocenters. The SMILES string of the molecule is CCOc1cc(/C=C2/SC(=O)N(Cc3ccc(Cl)c(Cl)c3)C2=O)ccc1OC(C)C. The van der Waals surface area contributed by atoms with E-state index in [2.05, 4.69) is 0 Å². The summed E-state index contributed by atoms with van der Waals surface area (Å²) in [5.41, 5.74) is 1.47. The largest absolute Gasteiger partial charge is 0.490 e. The number of amides is 2. The van der Waals surface area contributed by atoms with E-state index in [1.54, 1.807) is 36.4 Å². The van der Waals surface area contributed by atoms with Crippen LogP contribution in [0.25, 0.3) is 6.08 Å². The highest BCUT2D eigenvalue weighted by atomic mass is 35.5. The summed E-state index contributed by atoms with van der Waals surface area (Å²) in [7, 11) is 0. The van der Waals surface area contributed by atoms with Gasteiger partial charge in [0, 0.05) is 0 Å². The quantitative estimate of drug-likeness (QED) is 0.441. The molecule has 0 spiro atoms. The normalized spacial score (nSPS) is 15.4. The van der Waals surface area contributed by atoms with E-state index in [1.165, 1.54) is 4.90 Å². The maximum Gasteiger partial charge on any atom is 0.293 e. The fourth-order valence-corrected chi connectivity index (χ4v) is 4.00. The van der Waals surface area contributed by atoms with Crippen LogP contribution in [0.5, 0.6) is 11.5 Å². The van der Waals surface area contributed by atoms with Crippen LogP contribution < -0.4 is 9.47 Å². The van der Waals surface area contributed by atoms with Gasteiger partial charge in [0.2, 0.25) is 0 Å². The van der Waals surface area contributed by atoms with Gasteiger partial charge in [-0.05, 0) is 74.0 Å². The van der Waals surface area contributed by atoms with Crippen molar-refractivity contribution in [1.82, 2.24) is 4.90 Å². The first-order chi connectivity index (χ1) is 14.3. The Balaban J connectivity index is 1.82. The van der Waals surface area contributed by atoms with Crippen LogP contribution in [-0.4, -0.2) is 28.8 Å². The third-order valence-electron chi connectivity index (χ3n) is 4.13. The number of imide groups is 1. The summed E-state index contributed by atoms with van der Waals surface area (Å²) in [4.78, 5) is 26.7. The molecule has 30 heavy (non-hydrogen) atoms. The van der Waals surface area contributed by atoms with Gasteiger partial charge in [-0.1, -0.05) is 35.3 Å². The van der Waals surface area contributed by atoms with Crippen LogP contribution in [-0.2, 0) is 11.3 Å². The molecule has 0 unspecified atom stereocenters. The van der Waals surface area contributed by atoms with Gasteiger partial charge < -0.3 is 9.47 Å². The molecule has 5 nitrogen and oxygen atoms in total. The van der Waals surface area contributed by atoms with Crippen molar-refractivity contribution in [3.8, 4) is 11.5 Å². The number of thioether (sulfide) groups is 1. The number of hydrogen-bond donors (Lipinski definition) is 0. The Morgan fingerprint density at radius 3 is 2.50 bits per heavy atom. The second-order valence-electron chi connectivity index (χ2n) is 6.82. The predicted molar refractivity (Wildman–Crippen MR) is 121 cm³/mol. The number of carbonyl (C=O) groups is 2. The minimum Gasteiger partial charge on any atom is -0.490 e. The molecule has 2 amide bonds. The van der Waals surface area contributed by atoms with Crippen LogP contribution in [0.1, 0.15) is 31.9 Å². The highest BCUT2D eigenvalue weighted by Crippen LogP contribution is 2.36. The van der Waals surface area contributed by atoms with E-state index in [9.17, 15) is 9.59 Å². The molecule has 158 valence electrons. The van der Waals surface area contributed by atoms with Crippen molar-refractivity contribution in [3.63, 3.8) is 0 Å². The monoisotopic (exact) mass is 465 g/mol. The van der Waals surface area contributed by atoms with Gasteiger partial charge in [0.05, 0.1) is 34.2 Å². The van der Waals surface area contributed by atoms with Crippen LogP contribution in [0.3, 0.4) is 0 Å². The van der Waals surface area contributed by atoms with Crippen LogP contribution in [0.4, 0.5) is 4.79 Å². The zero-order chi connectivity index (χ0) is 21.8. The molecule has 1 aliphatic rings. The Bertz CT molecular complexity index is 1010. The minimum absolute atomic E-state index is 0.00734. The molecular weight excluding hydrogens is 445 g/mol. The van der Waals surface area contributed by atoms with Gasteiger partial charge in [-0.2, -0.15) is 0 Å². The Morgan fingerprint density at radius 2 is 1.83 bits per heavy atom. The van der Waals surface area contributed by atoms with Gasteiger partial charge in [0.15, 0.2) is 11.5 Å². The summed E-state index contributed by atoms with van der Waals surface area (Å²) in [5.74, 6) is 0.878. The minimum atomic E-state index is -0.350. The highest BCUT2D eigenvalue weighted by molar-refractivity contribution is 8.18. The summed E-state index contributed by atoms with van der Waals surface area (Å²) in [6.45, 7) is 6.38. The molecule has 0 saturated carbocycles. The van der Waals surface area contributed by atoms with Gasteiger partial charge in [-0.25, -0.2) is 0 Å². The molecule has 0 aromatic heterocycles. The van der Waals surface area contributed by atoms with E-state index in [-0.39, 0.29) is 23.8 Å². The van der Waals surface area contributed by atoms with Crippen LogP contribution in [0, 0.1) is 0 Å². The molecule has 0 radical (unpaired) electrons.